The molecule has 0 N–H and O–H groups in total. The molecule has 0 radical (unpaired) electrons. The van der Waals surface area contributed by atoms with Gasteiger partial charge in [0.2, 0.25) is 0 Å². The minimum Gasteiger partial charge on any atom is -0.694 e. The van der Waals surface area contributed by atoms with Crippen molar-refractivity contribution in [1.29, 1.82) is 3.80 Å². The Balaban J connectivity index is 0.000000196. The second-order valence-electron chi connectivity index (χ2n) is 8.74. The van der Waals surface area contributed by atoms with Gasteiger partial charge in [-0.15, -0.1) is 7.55 Å². The second kappa shape index (κ2) is 18.9. The average molecular weight is 828 g/mol. The summed E-state index contributed by atoms with van der Waals surface area (Å²) < 4.78 is 7.77. The number of hydrogen-bond donors (Lipinski definition) is 0. The van der Waals surface area contributed by atoms with Gasteiger partial charge in [0.05, 0.1) is 0 Å². The molecule has 0 spiro atoms. The Bertz CT molecular complexity index is 1450. The number of benzene rings is 4. The van der Waals surface area contributed by atoms with Crippen LogP contribution in [0, 0.1) is 29.5 Å². The molecule has 0 saturated heterocycles. The van der Waals surface area contributed by atoms with Crippen molar-refractivity contribution in [2.24, 2.45) is 0 Å². The maximum atomic E-state index is 7.77. The summed E-state index contributed by atoms with van der Waals surface area (Å²) in [6.07, 6.45) is 17.5. The quantitative estimate of drug-likeness (QED) is 0.120. The van der Waals surface area contributed by atoms with Crippen LogP contribution in [0.1, 0.15) is 0 Å². The summed E-state index contributed by atoms with van der Waals surface area (Å²) in [6, 6.07) is 43.3. The first-order valence-corrected chi connectivity index (χ1v) is 23.7. The van der Waals surface area contributed by atoms with Crippen molar-refractivity contribution in [3.05, 3.63) is 171 Å². The monoisotopic (exact) mass is 827 g/mol. The van der Waals surface area contributed by atoms with Gasteiger partial charge in [0.1, 0.15) is 0 Å². The van der Waals surface area contributed by atoms with E-state index in [1.54, 1.807) is 0 Å². The molecule has 4 aromatic rings. The van der Waals surface area contributed by atoms with Crippen LogP contribution in [0.25, 0.3) is 0 Å². The minimum absolute atomic E-state index is 0. The van der Waals surface area contributed by atoms with Crippen LogP contribution < -0.4 is 21.2 Å². The molecule has 1 fully saturated rings. The van der Waals surface area contributed by atoms with Crippen LogP contribution in [0.4, 0.5) is 0 Å². The van der Waals surface area contributed by atoms with Gasteiger partial charge >= 0.3 is 37.2 Å². The number of nitrogens with zero attached hydrogens (tertiary/aromatic N) is 1. The molecule has 214 valence electrons. The van der Waals surface area contributed by atoms with E-state index in [9.17, 15) is 0 Å². The van der Waals surface area contributed by atoms with Gasteiger partial charge in [-0.05, 0) is 26.5 Å². The summed E-state index contributed by atoms with van der Waals surface area (Å²) in [5.74, 6) is 0. The van der Waals surface area contributed by atoms with Crippen LogP contribution in [0.5, 0.6) is 0 Å². The van der Waals surface area contributed by atoms with Gasteiger partial charge in [0, 0.05) is 17.1 Å². The van der Waals surface area contributed by atoms with Crippen LogP contribution in [-0.4, -0.2) is 10.6 Å². The molecule has 4 aromatic carbocycles. The van der Waals surface area contributed by atoms with E-state index >= 15 is 0 Å². The third kappa shape index (κ3) is 10.9. The molecule has 0 atom stereocenters. The van der Waals surface area contributed by atoms with E-state index in [0.29, 0.717) is 0 Å². The second-order valence-corrected chi connectivity index (χ2v) is 20.6. The molecule has 0 unspecified atom stereocenters. The molecule has 2 aliphatic rings. The number of hydrogen-bond acceptors (Lipinski definition) is 1. The van der Waals surface area contributed by atoms with Crippen molar-refractivity contribution in [1.82, 2.24) is 0 Å². The normalized spacial score (nSPS) is 13.5. The third-order valence-corrected chi connectivity index (χ3v) is 11.6. The van der Waals surface area contributed by atoms with Crippen LogP contribution in [0.3, 0.4) is 0 Å². The Morgan fingerprint density at radius 1 is 0.512 bits per heavy atom. The average Bonchev–Trinajstić information content (AvgIpc) is 3.72. The van der Waals surface area contributed by atoms with Crippen LogP contribution in [0.2, 0.25) is 0 Å². The summed E-state index contributed by atoms with van der Waals surface area (Å²) in [5, 5.41) is 8.69. The number of halogens is 2. The van der Waals surface area contributed by atoms with Crippen molar-refractivity contribution in [3.8, 4) is 0 Å². The SMILES string of the molecule is C1=CC(=[PH](c2ccccc2)c2ccccc2)C=C1.[Fe].[N]#[Re]([Cl])[Cl].c1ccc([PH](=C2[CH-][CH-][CH-][CH-]2)c2ccccc2)cc1. The van der Waals surface area contributed by atoms with Crippen LogP contribution in [0.15, 0.2) is 146 Å². The molecular weight excluding hydrogens is 797 g/mol. The molecule has 0 heterocycles. The third-order valence-electron chi connectivity index (χ3n) is 6.15. The van der Waals surface area contributed by atoms with Gasteiger partial charge in [-0.1, -0.05) is 153 Å². The van der Waals surface area contributed by atoms with E-state index in [0.717, 1.165) is 0 Å². The van der Waals surface area contributed by atoms with Gasteiger partial charge in [-0.25, -0.2) is 0 Å². The Labute approximate surface area is 270 Å². The van der Waals surface area contributed by atoms with Gasteiger partial charge in [0.15, 0.2) is 0 Å². The van der Waals surface area contributed by atoms with E-state index in [1.807, 2.05) is 0 Å². The molecule has 1 nitrogen and oxygen atoms in total. The summed E-state index contributed by atoms with van der Waals surface area (Å²) in [6.45, 7) is 0. The number of rotatable bonds is 4. The van der Waals surface area contributed by atoms with Crippen LogP contribution in [-0.2, 0) is 31.4 Å². The van der Waals surface area contributed by atoms with E-state index in [4.69, 9.17) is 22.9 Å². The Hall–Kier alpha value is -1.57. The molecule has 41 heavy (non-hydrogen) atoms. The topological polar surface area (TPSA) is 23.8 Å². The zero-order valence-corrected chi connectivity index (χ0v) is 29.4. The zero-order chi connectivity index (χ0) is 28.0. The number of allylic oxidation sites excluding steroid dienone is 4. The molecule has 0 amide bonds. The van der Waals surface area contributed by atoms with E-state index in [-0.39, 0.29) is 17.1 Å². The molecule has 7 heteroatoms. The van der Waals surface area contributed by atoms with Gasteiger partial charge < -0.3 is 31.0 Å². The largest absolute Gasteiger partial charge is 0.694 e. The first-order valence-electron chi connectivity index (χ1n) is 12.8. The van der Waals surface area contributed by atoms with E-state index < -0.39 is 29.4 Å². The van der Waals surface area contributed by atoms with Gasteiger partial charge in [-0.3, -0.25) is 0 Å². The van der Waals surface area contributed by atoms with Crippen molar-refractivity contribution < 1.29 is 31.4 Å². The fourth-order valence-electron chi connectivity index (χ4n) is 4.50. The summed E-state index contributed by atoms with van der Waals surface area (Å²) in [7, 11) is 7.89. The molecule has 0 aromatic heterocycles. The van der Waals surface area contributed by atoms with Crippen molar-refractivity contribution in [3.63, 3.8) is 0 Å². The van der Waals surface area contributed by atoms with Crippen molar-refractivity contribution in [2.75, 3.05) is 0 Å². The maximum absolute atomic E-state index is 7.77. The zero-order valence-electron chi connectivity index (χ0n) is 22.1. The smallest absolute Gasteiger partial charge is 0.0281 e. The first kappa shape index (κ1) is 33.9. The summed E-state index contributed by atoms with van der Waals surface area (Å²) in [5.41, 5.74) is 0. The molecule has 0 bridgehead atoms. The Morgan fingerprint density at radius 3 is 1.12 bits per heavy atom. The molecule has 0 aliphatic heterocycles. The molecule has 1 saturated carbocycles. The fourth-order valence-corrected chi connectivity index (χ4v) is 9.66. The van der Waals surface area contributed by atoms with E-state index in [1.165, 1.54) is 31.8 Å². The Morgan fingerprint density at radius 2 is 0.805 bits per heavy atom. The minimum atomic E-state index is -2.52. The van der Waals surface area contributed by atoms with Crippen molar-refractivity contribution in [2.45, 2.75) is 0 Å². The van der Waals surface area contributed by atoms with Crippen LogP contribution >= 0.6 is 34.1 Å². The standard InChI is InChI=1S/2C17H15P.2ClH.Fe.N.Re/c2*1-3-9-15(10-4-1)18(17-13-7-8-14-17)16-11-5-2-6-12-16;;;;;/h2*1-14,18H;2*1H;;;/q;-4;;;;;+2/p-2. The van der Waals surface area contributed by atoms with Gasteiger partial charge in [0.25, 0.3) is 0 Å². The predicted octanol–water partition coefficient (Wildman–Crippen LogP) is 7.39. The molecule has 6 rings (SSSR count). The summed E-state index contributed by atoms with van der Waals surface area (Å²) >= 11 is -2.52. The molecule has 2 aliphatic carbocycles. The summed E-state index contributed by atoms with van der Waals surface area (Å²) in [4.78, 5) is 0. The predicted molar refractivity (Wildman–Crippen MR) is 180 cm³/mol. The maximum Gasteiger partial charge on any atom is -0.0281 e. The first-order chi connectivity index (χ1) is 19.6. The van der Waals surface area contributed by atoms with Gasteiger partial charge in [-0.2, -0.15) is 0 Å². The molecular formula is C34H30Cl2FeNP2Re-4. The fraction of sp³-hybridized carbons (Fsp3) is 0. The van der Waals surface area contributed by atoms with E-state index in [2.05, 4.69) is 171 Å². The Kier molecular flexibility index (Phi) is 15.6. The van der Waals surface area contributed by atoms with Crippen molar-refractivity contribution >= 4 is 66.0 Å².